The van der Waals surface area contributed by atoms with Crippen molar-refractivity contribution in [2.45, 2.75) is 101 Å². The highest BCUT2D eigenvalue weighted by molar-refractivity contribution is 5.91. The Bertz CT molecular complexity index is 1950. The Labute approximate surface area is 290 Å². The molecule has 2 saturated heterocycles. The number of anilines is 1. The lowest BCUT2D eigenvalue weighted by Gasteiger charge is -2.59. The minimum atomic E-state index is -0.722. The standard InChI is InChI=1S/C38H45N7O5/c1-21(2)35(37(49)44-18-25(46)12-31(44)36(48)39-23-10-11-23)33-15-34(42-50-33)43-19-38(20-43)16-22(17-38)29-14-28-30(45(29)24-6-5-7-24)13-27(40-41-28)26-8-3-4-9-32(26)47/h3-4,8-9,13-15,21-25,31,35,46-47H,5-7,10-12,16-20H2,1-2H3,(H,39,48)/t25-,31+,35?/m1/s1. The first-order valence-electron chi connectivity index (χ1n) is 18.3. The first-order chi connectivity index (χ1) is 24.2. The number of amides is 2. The van der Waals surface area contributed by atoms with E-state index in [0.717, 1.165) is 68.5 Å². The van der Waals surface area contributed by atoms with Gasteiger partial charge in [0.15, 0.2) is 11.6 Å². The lowest BCUT2D eigenvalue weighted by molar-refractivity contribution is -0.141. The average molecular weight is 680 g/mol. The van der Waals surface area contributed by atoms with Crippen LogP contribution in [0.3, 0.4) is 0 Å². The summed E-state index contributed by atoms with van der Waals surface area (Å²) in [4.78, 5) is 30.7. The predicted molar refractivity (Wildman–Crippen MR) is 186 cm³/mol. The fraction of sp³-hybridized carbons (Fsp3) is 0.553. The molecule has 9 rings (SSSR count). The first kappa shape index (κ1) is 31.5. The molecule has 4 aromatic rings. The van der Waals surface area contributed by atoms with Crippen molar-refractivity contribution in [3.05, 3.63) is 53.9 Å². The second kappa shape index (κ2) is 11.8. The van der Waals surface area contributed by atoms with Crippen molar-refractivity contribution >= 4 is 28.7 Å². The monoisotopic (exact) mass is 679 g/mol. The van der Waals surface area contributed by atoms with Crippen LogP contribution in [0.4, 0.5) is 5.82 Å². The number of phenols is 1. The van der Waals surface area contributed by atoms with Crippen LogP contribution in [0.5, 0.6) is 5.75 Å². The third-order valence-electron chi connectivity index (χ3n) is 11.9. The number of aromatic hydroxyl groups is 1. The van der Waals surface area contributed by atoms with Gasteiger partial charge in [-0.15, -0.1) is 10.2 Å². The van der Waals surface area contributed by atoms with Crippen molar-refractivity contribution in [1.82, 2.24) is 30.1 Å². The SMILES string of the molecule is CC(C)C(C(=O)N1C[C@H](O)C[C@H]1C(=O)NC1CC1)c1cc(N2CC3(CC(c4cc5nnc(-c6ccccc6O)cc5n4C4CCC4)C3)C2)no1. The fourth-order valence-electron chi connectivity index (χ4n) is 8.92. The van der Waals surface area contributed by atoms with Crippen molar-refractivity contribution in [3.63, 3.8) is 0 Å². The second-order valence-corrected chi connectivity index (χ2v) is 16.0. The molecule has 3 N–H and O–H groups in total. The number of aliphatic hydroxyl groups excluding tert-OH is 1. The van der Waals surface area contributed by atoms with Crippen LogP contribution in [0.15, 0.2) is 47.0 Å². The average Bonchev–Trinajstić information content (AvgIpc) is 3.39. The number of carbonyl (C=O) groups excluding carboxylic acids is 2. The summed E-state index contributed by atoms with van der Waals surface area (Å²) in [5, 5.41) is 37.4. The van der Waals surface area contributed by atoms with Crippen LogP contribution in [0.25, 0.3) is 22.3 Å². The van der Waals surface area contributed by atoms with Gasteiger partial charge in [-0.25, -0.2) is 0 Å². The Hall–Kier alpha value is -4.45. The van der Waals surface area contributed by atoms with Crippen molar-refractivity contribution < 1.29 is 24.3 Å². The fourth-order valence-corrected chi connectivity index (χ4v) is 8.92. The number of hydrogen-bond donors (Lipinski definition) is 3. The number of aliphatic hydroxyl groups is 1. The molecule has 5 fully saturated rings. The summed E-state index contributed by atoms with van der Waals surface area (Å²) in [6, 6.07) is 13.5. The lowest BCUT2D eigenvalue weighted by Crippen LogP contribution is -2.62. The maximum Gasteiger partial charge on any atom is 0.243 e. The Morgan fingerprint density at radius 2 is 1.82 bits per heavy atom. The number of para-hydroxylation sites is 1. The molecular formula is C38H45N7O5. The molecule has 1 unspecified atom stereocenters. The summed E-state index contributed by atoms with van der Waals surface area (Å²) in [7, 11) is 0. The molecule has 50 heavy (non-hydrogen) atoms. The van der Waals surface area contributed by atoms with Gasteiger partial charge in [-0.2, -0.15) is 0 Å². The summed E-state index contributed by atoms with van der Waals surface area (Å²) in [6.07, 6.45) is 7.20. The molecule has 3 aliphatic carbocycles. The second-order valence-electron chi connectivity index (χ2n) is 16.0. The van der Waals surface area contributed by atoms with Crippen LogP contribution in [-0.4, -0.2) is 84.7 Å². The van der Waals surface area contributed by atoms with E-state index in [-0.39, 0.29) is 47.9 Å². The van der Waals surface area contributed by atoms with Crippen molar-refractivity contribution in [2.75, 3.05) is 24.5 Å². The zero-order valence-electron chi connectivity index (χ0n) is 28.7. The summed E-state index contributed by atoms with van der Waals surface area (Å²) in [6.45, 7) is 5.87. The number of phenolic OH excluding ortho intramolecular Hbond substituents is 1. The summed E-state index contributed by atoms with van der Waals surface area (Å²) >= 11 is 0. The molecule has 3 aromatic heterocycles. The Balaban J connectivity index is 0.886. The van der Waals surface area contributed by atoms with Gasteiger partial charge in [-0.1, -0.05) is 31.1 Å². The van der Waals surface area contributed by atoms with Gasteiger partial charge in [0.2, 0.25) is 11.8 Å². The molecule has 5 aliphatic rings. The van der Waals surface area contributed by atoms with Gasteiger partial charge in [0.05, 0.1) is 17.3 Å². The lowest BCUT2D eigenvalue weighted by atomic mass is 9.57. The third kappa shape index (κ3) is 5.34. The Kier molecular flexibility index (Phi) is 7.45. The van der Waals surface area contributed by atoms with Crippen LogP contribution in [0.2, 0.25) is 0 Å². The van der Waals surface area contributed by atoms with Crippen LogP contribution in [0, 0.1) is 11.3 Å². The van der Waals surface area contributed by atoms with Gasteiger partial charge in [0.25, 0.3) is 0 Å². The topological polar surface area (TPSA) is 150 Å². The molecular weight excluding hydrogens is 634 g/mol. The van der Waals surface area contributed by atoms with Crippen molar-refractivity contribution in [1.29, 1.82) is 0 Å². The van der Waals surface area contributed by atoms with Crippen LogP contribution in [-0.2, 0) is 9.59 Å². The summed E-state index contributed by atoms with van der Waals surface area (Å²) in [5.74, 6) is 0.845. The molecule has 262 valence electrons. The van der Waals surface area contributed by atoms with Crippen LogP contribution < -0.4 is 10.2 Å². The van der Waals surface area contributed by atoms with E-state index >= 15 is 0 Å². The maximum absolute atomic E-state index is 13.9. The number of benzene rings is 1. The molecule has 3 atom stereocenters. The first-order valence-corrected chi connectivity index (χ1v) is 18.3. The number of β-amino-alcohol motifs (C(OH)–C–C–N with tert-alkyl or cyclic N) is 1. The van der Waals surface area contributed by atoms with E-state index in [1.165, 1.54) is 12.1 Å². The number of rotatable bonds is 9. The largest absolute Gasteiger partial charge is 0.507 e. The van der Waals surface area contributed by atoms with E-state index in [4.69, 9.17) is 4.52 Å². The highest BCUT2D eigenvalue weighted by atomic mass is 16.5. The Morgan fingerprint density at radius 1 is 1.04 bits per heavy atom. The van der Waals surface area contributed by atoms with E-state index in [0.29, 0.717) is 29.0 Å². The van der Waals surface area contributed by atoms with E-state index in [1.54, 1.807) is 11.0 Å². The highest BCUT2D eigenvalue weighted by Gasteiger charge is 2.54. The van der Waals surface area contributed by atoms with E-state index in [2.05, 4.69) is 42.3 Å². The molecule has 3 saturated carbocycles. The van der Waals surface area contributed by atoms with E-state index < -0.39 is 18.1 Å². The molecule has 2 amide bonds. The zero-order valence-corrected chi connectivity index (χ0v) is 28.7. The van der Waals surface area contributed by atoms with Gasteiger partial charge >= 0.3 is 0 Å². The normalized spacial score (nSPS) is 24.0. The molecule has 0 bridgehead atoms. The van der Waals surface area contributed by atoms with Crippen LogP contribution in [0.1, 0.15) is 94.5 Å². The number of nitrogens with zero attached hydrogens (tertiary/aromatic N) is 6. The minimum absolute atomic E-state index is 0.0788. The number of hydrogen-bond acceptors (Lipinski definition) is 9. The molecule has 12 nitrogen and oxygen atoms in total. The summed E-state index contributed by atoms with van der Waals surface area (Å²) < 4.78 is 8.35. The summed E-state index contributed by atoms with van der Waals surface area (Å²) in [5.41, 5.74) is 4.94. The van der Waals surface area contributed by atoms with Gasteiger partial charge < -0.3 is 34.4 Å². The quantitative estimate of drug-likeness (QED) is 0.225. The van der Waals surface area contributed by atoms with Crippen molar-refractivity contribution in [2.24, 2.45) is 11.3 Å². The zero-order chi connectivity index (χ0) is 34.3. The highest BCUT2D eigenvalue weighted by Crippen LogP contribution is 2.58. The number of aromatic nitrogens is 4. The van der Waals surface area contributed by atoms with Crippen molar-refractivity contribution in [3.8, 4) is 17.0 Å². The number of nitrogens with one attached hydrogen (secondary N) is 1. The van der Waals surface area contributed by atoms with Gasteiger partial charge in [0.1, 0.15) is 23.2 Å². The molecule has 12 heteroatoms. The smallest absolute Gasteiger partial charge is 0.243 e. The van der Waals surface area contributed by atoms with Gasteiger partial charge in [-0.3, -0.25) is 9.59 Å². The maximum atomic E-state index is 13.9. The molecule has 1 aromatic carbocycles. The number of fused-ring (bicyclic) bond motifs is 1. The van der Waals surface area contributed by atoms with Gasteiger partial charge in [0, 0.05) is 66.8 Å². The molecule has 2 aliphatic heterocycles. The molecule has 1 spiro atoms. The van der Waals surface area contributed by atoms with E-state index in [9.17, 15) is 19.8 Å². The minimum Gasteiger partial charge on any atom is -0.507 e. The molecule has 0 radical (unpaired) electrons. The predicted octanol–water partition coefficient (Wildman–Crippen LogP) is 4.88. The van der Waals surface area contributed by atoms with E-state index in [1.807, 2.05) is 38.1 Å². The number of carbonyl (C=O) groups is 2. The molecule has 5 heterocycles. The van der Waals surface area contributed by atoms with Gasteiger partial charge in [-0.05, 0) is 75.1 Å². The number of likely N-dealkylation sites (tertiary alicyclic amines) is 1. The van der Waals surface area contributed by atoms with Crippen LogP contribution >= 0.6 is 0 Å². The third-order valence-corrected chi connectivity index (χ3v) is 11.9. The Morgan fingerprint density at radius 3 is 2.52 bits per heavy atom.